The third-order valence-corrected chi connectivity index (χ3v) is 4.87. The fourth-order valence-corrected chi connectivity index (χ4v) is 3.28. The smallest absolute Gasteiger partial charge is 0.282 e. The third-order valence-electron chi connectivity index (χ3n) is 4.87. The number of hydrogen-bond acceptors (Lipinski definition) is 6. The Morgan fingerprint density at radius 3 is 2.56 bits per heavy atom. The van der Waals surface area contributed by atoms with Crippen LogP contribution in [0.5, 0.6) is 17.2 Å². The highest BCUT2D eigenvalue weighted by molar-refractivity contribution is 6.32. The average molecular weight is 433 g/mol. The molecule has 2 aromatic rings. The van der Waals surface area contributed by atoms with E-state index in [9.17, 15) is 4.79 Å². The summed E-state index contributed by atoms with van der Waals surface area (Å²) in [5.41, 5.74) is 1.85. The minimum atomic E-state index is -0.497. The van der Waals surface area contributed by atoms with Crippen LogP contribution in [0.25, 0.3) is 6.08 Å². The molecular formula is C24H23N3O5. The van der Waals surface area contributed by atoms with Gasteiger partial charge in [0.1, 0.15) is 24.7 Å². The molecular weight excluding hydrogens is 410 g/mol. The van der Waals surface area contributed by atoms with Crippen LogP contribution >= 0.6 is 0 Å². The highest BCUT2D eigenvalue weighted by Crippen LogP contribution is 2.30. The Morgan fingerprint density at radius 2 is 1.81 bits per heavy atom. The number of ether oxygens (including phenoxy) is 3. The number of aliphatic imine (C=N–C) groups is 1. The maximum atomic E-state index is 12.4. The van der Waals surface area contributed by atoms with Crippen molar-refractivity contribution >= 4 is 23.7 Å². The normalized spacial score (nSPS) is 16.3. The fourth-order valence-electron chi connectivity index (χ4n) is 3.28. The van der Waals surface area contributed by atoms with E-state index in [1.165, 1.54) is 5.06 Å². The van der Waals surface area contributed by atoms with Crippen molar-refractivity contribution in [3.8, 4) is 17.2 Å². The molecule has 2 aromatic carbocycles. The first kappa shape index (κ1) is 21.2. The summed E-state index contributed by atoms with van der Waals surface area (Å²) >= 11 is 0. The number of carbonyl (C=O) groups is 1. The third kappa shape index (κ3) is 4.34. The van der Waals surface area contributed by atoms with Crippen molar-refractivity contribution in [1.29, 1.82) is 5.41 Å². The van der Waals surface area contributed by atoms with E-state index in [-0.39, 0.29) is 11.4 Å². The molecule has 0 bridgehead atoms. The Morgan fingerprint density at radius 1 is 1.06 bits per heavy atom. The number of aryl methyl sites for hydroxylation is 1. The number of hydrogen-bond donors (Lipinski definition) is 1. The van der Waals surface area contributed by atoms with Crippen LogP contribution in [0.15, 0.2) is 64.9 Å². The van der Waals surface area contributed by atoms with E-state index in [0.717, 1.165) is 11.3 Å². The molecule has 8 heteroatoms. The maximum absolute atomic E-state index is 12.4. The predicted molar refractivity (Wildman–Crippen MR) is 120 cm³/mol. The molecule has 2 aliphatic heterocycles. The quantitative estimate of drug-likeness (QED) is 0.526. The van der Waals surface area contributed by atoms with Crippen molar-refractivity contribution in [3.05, 3.63) is 71.0 Å². The number of amidine groups is 2. The van der Waals surface area contributed by atoms with Gasteiger partial charge in [-0.25, -0.2) is 0 Å². The fraction of sp³-hybridized carbons (Fsp3) is 0.208. The van der Waals surface area contributed by atoms with Gasteiger partial charge in [0.25, 0.3) is 5.91 Å². The number of amides is 1. The summed E-state index contributed by atoms with van der Waals surface area (Å²) in [5, 5.41) is 9.54. The van der Waals surface area contributed by atoms with E-state index in [4.69, 9.17) is 24.5 Å². The van der Waals surface area contributed by atoms with Crippen LogP contribution in [0.2, 0.25) is 0 Å². The molecule has 0 saturated carbocycles. The lowest BCUT2D eigenvalue weighted by Crippen LogP contribution is -2.38. The van der Waals surface area contributed by atoms with Crippen LogP contribution in [0.1, 0.15) is 18.1 Å². The largest absolute Gasteiger partial charge is 0.493 e. The molecule has 0 radical (unpaired) electrons. The zero-order chi connectivity index (χ0) is 22.7. The van der Waals surface area contributed by atoms with E-state index in [0.29, 0.717) is 41.9 Å². The van der Waals surface area contributed by atoms with E-state index < -0.39 is 5.91 Å². The topological polar surface area (TPSA) is 93.4 Å². The van der Waals surface area contributed by atoms with E-state index in [2.05, 4.69) is 4.99 Å². The molecule has 8 nitrogen and oxygen atoms in total. The predicted octanol–water partition coefficient (Wildman–Crippen LogP) is 3.91. The minimum absolute atomic E-state index is 0.0688. The zero-order valence-electron chi connectivity index (χ0n) is 18.0. The molecule has 0 fully saturated rings. The second-order valence-corrected chi connectivity index (χ2v) is 7.20. The molecule has 1 N–H and O–H groups in total. The first-order chi connectivity index (χ1) is 15.5. The first-order valence-electron chi connectivity index (χ1n) is 10.1. The standard InChI is InChI=1S/C24H23N3O5/c1-15-6-4-5-7-19(15)30-10-11-31-20-9-8-17(14-21(20)29-3)13-18-23(25)27-22(26-24(18)28)12-16(2)32-27/h4-9,12-14,25H,10-11H2,1-3H3/b18-13-,25-23?. The summed E-state index contributed by atoms with van der Waals surface area (Å²) in [6.07, 6.45) is 3.19. The van der Waals surface area contributed by atoms with Gasteiger partial charge in [-0.2, -0.15) is 4.99 Å². The number of methoxy groups -OCH3 is 1. The second kappa shape index (κ2) is 8.97. The van der Waals surface area contributed by atoms with Gasteiger partial charge >= 0.3 is 0 Å². The SMILES string of the molecule is COc1cc(/C=C2/C(=N)N3OC(C)=CC3=NC2=O)ccc1OCCOc1ccccc1C. The zero-order valence-corrected chi connectivity index (χ0v) is 18.0. The Labute approximate surface area is 185 Å². The molecule has 4 rings (SSSR count). The number of nitrogens with zero attached hydrogens (tertiary/aromatic N) is 2. The number of benzene rings is 2. The van der Waals surface area contributed by atoms with Crippen LogP contribution in [-0.4, -0.2) is 43.0 Å². The minimum Gasteiger partial charge on any atom is -0.493 e. The second-order valence-electron chi connectivity index (χ2n) is 7.20. The first-order valence-corrected chi connectivity index (χ1v) is 10.1. The summed E-state index contributed by atoms with van der Waals surface area (Å²) in [4.78, 5) is 21.8. The van der Waals surface area contributed by atoms with Gasteiger partial charge in [0, 0.05) is 6.08 Å². The number of hydroxylamine groups is 2. The maximum Gasteiger partial charge on any atom is 0.282 e. The van der Waals surface area contributed by atoms with Crippen molar-refractivity contribution in [2.24, 2.45) is 4.99 Å². The van der Waals surface area contributed by atoms with Gasteiger partial charge in [0.2, 0.25) is 0 Å². The summed E-state index contributed by atoms with van der Waals surface area (Å²) in [5.74, 6) is 2.19. The van der Waals surface area contributed by atoms with Crippen molar-refractivity contribution in [2.75, 3.05) is 20.3 Å². The molecule has 2 aliphatic rings. The number of carbonyl (C=O) groups excluding carboxylic acids is 1. The Balaban J connectivity index is 1.44. The van der Waals surface area contributed by atoms with Crippen molar-refractivity contribution in [3.63, 3.8) is 0 Å². The number of allylic oxidation sites excluding steroid dienone is 1. The van der Waals surface area contributed by atoms with Crippen LogP contribution in [0.4, 0.5) is 0 Å². The van der Waals surface area contributed by atoms with Crippen molar-refractivity contribution < 1.29 is 23.8 Å². The summed E-state index contributed by atoms with van der Waals surface area (Å²) in [7, 11) is 1.54. The molecule has 0 aliphatic carbocycles. The highest BCUT2D eigenvalue weighted by Gasteiger charge is 2.34. The van der Waals surface area contributed by atoms with Gasteiger partial charge in [0.15, 0.2) is 23.2 Å². The van der Waals surface area contributed by atoms with Crippen LogP contribution in [0.3, 0.4) is 0 Å². The Hall–Kier alpha value is -4.07. The number of rotatable bonds is 7. The van der Waals surface area contributed by atoms with Gasteiger partial charge in [-0.05, 0) is 49.2 Å². The van der Waals surface area contributed by atoms with E-state index in [1.54, 1.807) is 44.4 Å². The average Bonchev–Trinajstić information content (AvgIpc) is 3.16. The lowest BCUT2D eigenvalue weighted by molar-refractivity contribution is -0.114. The van der Waals surface area contributed by atoms with Gasteiger partial charge in [-0.1, -0.05) is 24.3 Å². The molecule has 1 amide bonds. The molecule has 164 valence electrons. The van der Waals surface area contributed by atoms with Crippen molar-refractivity contribution in [1.82, 2.24) is 5.06 Å². The van der Waals surface area contributed by atoms with Gasteiger partial charge in [0.05, 0.1) is 12.7 Å². The van der Waals surface area contributed by atoms with E-state index >= 15 is 0 Å². The molecule has 32 heavy (non-hydrogen) atoms. The van der Waals surface area contributed by atoms with Gasteiger partial charge in [-0.3, -0.25) is 10.2 Å². The monoisotopic (exact) mass is 433 g/mol. The molecule has 2 heterocycles. The summed E-state index contributed by atoms with van der Waals surface area (Å²) in [6.45, 7) is 4.44. The number of fused-ring (bicyclic) bond motifs is 1. The van der Waals surface area contributed by atoms with E-state index in [1.807, 2.05) is 31.2 Å². The van der Waals surface area contributed by atoms with Crippen LogP contribution in [0, 0.1) is 12.3 Å². The summed E-state index contributed by atoms with van der Waals surface area (Å²) in [6, 6.07) is 13.1. The molecule has 0 spiro atoms. The van der Waals surface area contributed by atoms with Gasteiger partial charge in [-0.15, -0.1) is 5.06 Å². The Kier molecular flexibility index (Phi) is 5.93. The lowest BCUT2D eigenvalue weighted by Gasteiger charge is -2.23. The molecule has 0 atom stereocenters. The van der Waals surface area contributed by atoms with Crippen LogP contribution < -0.4 is 14.2 Å². The highest BCUT2D eigenvalue weighted by atomic mass is 16.7. The molecule has 0 aromatic heterocycles. The number of nitrogens with one attached hydrogen (secondary N) is 1. The molecule has 0 saturated heterocycles. The Bertz CT molecular complexity index is 1170. The number of para-hydroxylation sites is 1. The lowest BCUT2D eigenvalue weighted by atomic mass is 10.1. The van der Waals surface area contributed by atoms with Crippen molar-refractivity contribution in [2.45, 2.75) is 13.8 Å². The van der Waals surface area contributed by atoms with Gasteiger partial charge < -0.3 is 19.0 Å². The van der Waals surface area contributed by atoms with Crippen LogP contribution in [-0.2, 0) is 9.63 Å². The summed E-state index contributed by atoms with van der Waals surface area (Å²) < 4.78 is 17.0. The molecule has 0 unspecified atom stereocenters.